The van der Waals surface area contributed by atoms with Crippen LogP contribution in [0.25, 0.3) is 0 Å². The van der Waals surface area contributed by atoms with Crippen molar-refractivity contribution in [1.29, 1.82) is 0 Å². The number of unbranched alkanes of at least 4 members (excludes halogenated alkanes) is 46. The summed E-state index contributed by atoms with van der Waals surface area (Å²) in [6, 6.07) is -0.548. The molecule has 6 heteroatoms. The molecule has 0 spiro atoms. The Hall–Kier alpha value is -1.40. The summed E-state index contributed by atoms with van der Waals surface area (Å²) >= 11 is 0. The molecule has 0 fully saturated rings. The Balaban J connectivity index is 3.41. The van der Waals surface area contributed by atoms with Crippen LogP contribution in [0.4, 0.5) is 0 Å². The van der Waals surface area contributed by atoms with Crippen LogP contribution >= 0.6 is 0 Å². The van der Waals surface area contributed by atoms with Crippen LogP contribution in [0.3, 0.4) is 0 Å². The average Bonchev–Trinajstić information content (AvgIpc) is 3.35. The van der Waals surface area contributed by atoms with Crippen LogP contribution in [0.15, 0.2) is 12.2 Å². The SMILES string of the molecule is CCCCCCCCCCCCCCCCCCCC(=O)OCCCCCCCCCC/C=C\CCCCCCCCCC(=O)NC(CO)C(O)CCCCCCCCCCCCCCCCCC. The van der Waals surface area contributed by atoms with E-state index in [-0.39, 0.29) is 18.5 Å². The van der Waals surface area contributed by atoms with Gasteiger partial charge in [0, 0.05) is 12.8 Å². The highest BCUT2D eigenvalue weighted by molar-refractivity contribution is 5.76. The third-order valence-corrected chi connectivity index (χ3v) is 14.8. The molecule has 6 nitrogen and oxygen atoms in total. The summed E-state index contributed by atoms with van der Waals surface area (Å²) in [7, 11) is 0. The summed E-state index contributed by atoms with van der Waals surface area (Å²) in [6.07, 6.45) is 70.7. The maximum atomic E-state index is 12.5. The maximum absolute atomic E-state index is 12.5. The minimum Gasteiger partial charge on any atom is -0.466 e. The molecule has 410 valence electrons. The number of aliphatic hydroxyl groups is 2. The molecule has 0 rings (SSSR count). The van der Waals surface area contributed by atoms with Crippen LogP contribution in [0.5, 0.6) is 0 Å². The van der Waals surface area contributed by atoms with Crippen molar-refractivity contribution in [3.05, 3.63) is 12.2 Å². The smallest absolute Gasteiger partial charge is 0.305 e. The first kappa shape index (κ1) is 67.6. The number of carbonyl (C=O) groups excluding carboxylic acids is 2. The zero-order chi connectivity index (χ0) is 50.0. The highest BCUT2D eigenvalue weighted by Gasteiger charge is 2.20. The summed E-state index contributed by atoms with van der Waals surface area (Å²) in [6.45, 7) is 4.97. The van der Waals surface area contributed by atoms with Crippen molar-refractivity contribution in [2.75, 3.05) is 13.2 Å². The lowest BCUT2D eigenvalue weighted by Crippen LogP contribution is -2.45. The minimum atomic E-state index is -0.670. The number of aliphatic hydroxyl groups excluding tert-OH is 2. The lowest BCUT2D eigenvalue weighted by atomic mass is 10.0. The number of hydrogen-bond acceptors (Lipinski definition) is 5. The van der Waals surface area contributed by atoms with E-state index in [2.05, 4.69) is 31.3 Å². The topological polar surface area (TPSA) is 95.9 Å². The number of allylic oxidation sites excluding steroid dienone is 2. The first-order valence-corrected chi connectivity index (χ1v) is 31.4. The Morgan fingerprint density at radius 2 is 0.681 bits per heavy atom. The number of amides is 1. The number of hydrogen-bond donors (Lipinski definition) is 3. The predicted octanol–water partition coefficient (Wildman–Crippen LogP) is 19.6. The van der Waals surface area contributed by atoms with Crippen molar-refractivity contribution in [3.8, 4) is 0 Å². The first-order chi connectivity index (χ1) is 34.0. The van der Waals surface area contributed by atoms with Crippen LogP contribution < -0.4 is 5.32 Å². The molecule has 0 aliphatic rings. The number of rotatable bonds is 59. The van der Waals surface area contributed by atoms with Crippen LogP contribution in [-0.4, -0.2) is 47.4 Å². The molecular formula is C63H123NO5. The zero-order valence-electron chi connectivity index (χ0n) is 46.8. The van der Waals surface area contributed by atoms with Crippen molar-refractivity contribution in [2.24, 2.45) is 0 Å². The normalized spacial score (nSPS) is 12.6. The van der Waals surface area contributed by atoms with Crippen molar-refractivity contribution in [1.82, 2.24) is 5.32 Å². The Labute approximate surface area is 431 Å². The summed E-state index contributed by atoms with van der Waals surface area (Å²) in [4.78, 5) is 24.6. The quantitative estimate of drug-likeness (QED) is 0.0321. The third kappa shape index (κ3) is 55.8. The van der Waals surface area contributed by atoms with Crippen LogP contribution in [-0.2, 0) is 14.3 Å². The Morgan fingerprint density at radius 3 is 1.03 bits per heavy atom. The molecule has 0 saturated heterocycles. The number of carbonyl (C=O) groups is 2. The second kappa shape index (κ2) is 59.2. The Bertz CT molecular complexity index is 1030. The molecule has 1 amide bonds. The molecule has 0 heterocycles. The molecule has 0 saturated carbocycles. The van der Waals surface area contributed by atoms with E-state index in [9.17, 15) is 19.8 Å². The van der Waals surface area contributed by atoms with Crippen molar-refractivity contribution in [3.63, 3.8) is 0 Å². The molecule has 0 bridgehead atoms. The van der Waals surface area contributed by atoms with Crippen LogP contribution in [0, 0.1) is 0 Å². The van der Waals surface area contributed by atoms with E-state index in [0.29, 0.717) is 25.9 Å². The summed E-state index contributed by atoms with van der Waals surface area (Å²) in [5.41, 5.74) is 0. The zero-order valence-corrected chi connectivity index (χ0v) is 46.8. The fourth-order valence-electron chi connectivity index (χ4n) is 9.99. The van der Waals surface area contributed by atoms with Gasteiger partial charge in [-0.25, -0.2) is 0 Å². The number of ether oxygens (including phenoxy) is 1. The second-order valence-electron chi connectivity index (χ2n) is 21.7. The van der Waals surface area contributed by atoms with E-state index in [0.717, 1.165) is 38.5 Å². The summed E-state index contributed by atoms with van der Waals surface area (Å²) in [5, 5.41) is 23.3. The Morgan fingerprint density at radius 1 is 0.391 bits per heavy atom. The third-order valence-electron chi connectivity index (χ3n) is 14.8. The lowest BCUT2D eigenvalue weighted by molar-refractivity contribution is -0.143. The van der Waals surface area contributed by atoms with Crippen LogP contribution in [0.2, 0.25) is 0 Å². The summed E-state index contributed by atoms with van der Waals surface area (Å²) in [5.74, 6) is -0.0330. The molecular weight excluding hydrogens is 851 g/mol. The van der Waals surface area contributed by atoms with E-state index in [1.807, 2.05) is 0 Å². The van der Waals surface area contributed by atoms with Gasteiger partial charge in [0.1, 0.15) is 0 Å². The molecule has 0 aliphatic heterocycles. The lowest BCUT2D eigenvalue weighted by Gasteiger charge is -2.22. The van der Waals surface area contributed by atoms with Gasteiger partial charge >= 0.3 is 5.97 Å². The molecule has 0 aromatic carbocycles. The van der Waals surface area contributed by atoms with E-state index in [1.54, 1.807) is 0 Å². The van der Waals surface area contributed by atoms with Gasteiger partial charge in [-0.05, 0) is 51.4 Å². The van der Waals surface area contributed by atoms with Gasteiger partial charge in [0.2, 0.25) is 5.91 Å². The van der Waals surface area contributed by atoms with Gasteiger partial charge < -0.3 is 20.3 Å². The fraction of sp³-hybridized carbons (Fsp3) is 0.937. The van der Waals surface area contributed by atoms with E-state index in [4.69, 9.17) is 4.74 Å². The minimum absolute atomic E-state index is 0.00874. The first-order valence-electron chi connectivity index (χ1n) is 31.4. The maximum Gasteiger partial charge on any atom is 0.305 e. The van der Waals surface area contributed by atoms with Gasteiger partial charge in [0.05, 0.1) is 25.4 Å². The molecule has 0 aliphatic carbocycles. The molecule has 2 unspecified atom stereocenters. The van der Waals surface area contributed by atoms with Gasteiger partial charge in [-0.1, -0.05) is 302 Å². The van der Waals surface area contributed by atoms with Crippen molar-refractivity contribution < 1.29 is 24.5 Å². The molecule has 3 N–H and O–H groups in total. The van der Waals surface area contributed by atoms with Gasteiger partial charge in [-0.15, -0.1) is 0 Å². The number of esters is 1. The fourth-order valence-corrected chi connectivity index (χ4v) is 9.99. The van der Waals surface area contributed by atoms with E-state index < -0.39 is 12.1 Å². The van der Waals surface area contributed by atoms with E-state index in [1.165, 1.54) is 283 Å². The second-order valence-corrected chi connectivity index (χ2v) is 21.7. The molecule has 0 aromatic rings. The predicted molar refractivity (Wildman–Crippen MR) is 301 cm³/mol. The highest BCUT2D eigenvalue weighted by Crippen LogP contribution is 2.18. The van der Waals surface area contributed by atoms with Gasteiger partial charge in [-0.3, -0.25) is 9.59 Å². The van der Waals surface area contributed by atoms with Gasteiger partial charge in [-0.2, -0.15) is 0 Å². The largest absolute Gasteiger partial charge is 0.466 e. The van der Waals surface area contributed by atoms with Gasteiger partial charge in [0.25, 0.3) is 0 Å². The molecule has 0 radical (unpaired) electrons. The molecule has 0 aromatic heterocycles. The van der Waals surface area contributed by atoms with Gasteiger partial charge in [0.15, 0.2) is 0 Å². The van der Waals surface area contributed by atoms with Crippen molar-refractivity contribution in [2.45, 2.75) is 366 Å². The monoisotopic (exact) mass is 974 g/mol. The summed E-state index contributed by atoms with van der Waals surface area (Å²) < 4.78 is 5.49. The highest BCUT2D eigenvalue weighted by atomic mass is 16.5. The van der Waals surface area contributed by atoms with E-state index >= 15 is 0 Å². The Kier molecular flexibility index (Phi) is 58.0. The van der Waals surface area contributed by atoms with Crippen LogP contribution in [0.1, 0.15) is 354 Å². The van der Waals surface area contributed by atoms with Crippen molar-refractivity contribution >= 4 is 11.9 Å². The molecule has 2 atom stereocenters. The molecule has 69 heavy (non-hydrogen) atoms. The average molecular weight is 975 g/mol. The number of nitrogens with one attached hydrogen (secondary N) is 1. The standard InChI is InChI=1S/C63H123NO5/c1-3-5-7-9-11-13-15-17-19-24-29-33-37-41-45-49-53-57-63(68)69-58-54-50-46-42-38-34-30-26-23-21-22-25-28-32-36-40-44-48-52-56-62(67)64-60(59-65)61(66)55-51-47-43-39-35-31-27-20-18-16-14-12-10-8-6-4-2/h21-22,60-61,65-66H,3-20,23-59H2,1-2H3,(H,64,67)/b22-21-.